The van der Waals surface area contributed by atoms with Crippen molar-refractivity contribution < 1.29 is 0 Å². The second-order valence-corrected chi connectivity index (χ2v) is 7.98. The zero-order chi connectivity index (χ0) is 17.3. The standard InChI is InChI=1S/C20H21BrN2S/c1-14-20(2,3)18(16-10-7-11-17(21)12-16)22-19(24)23(14)13-15-8-5-4-6-9-15/h4-12,18H,1,13H2,2-3H3,(H,22,24)/t18-/m0/s1. The van der Waals surface area contributed by atoms with Crippen molar-refractivity contribution >= 4 is 33.3 Å². The maximum atomic E-state index is 5.66. The molecule has 24 heavy (non-hydrogen) atoms. The van der Waals surface area contributed by atoms with E-state index in [1.165, 1.54) is 11.1 Å². The molecular weight excluding hydrogens is 380 g/mol. The van der Waals surface area contributed by atoms with Gasteiger partial charge in [0.25, 0.3) is 0 Å². The minimum Gasteiger partial charge on any atom is -0.355 e. The van der Waals surface area contributed by atoms with Gasteiger partial charge in [-0.25, -0.2) is 0 Å². The van der Waals surface area contributed by atoms with E-state index in [0.717, 1.165) is 21.8 Å². The molecule has 0 aliphatic carbocycles. The maximum absolute atomic E-state index is 5.66. The average molecular weight is 401 g/mol. The van der Waals surface area contributed by atoms with E-state index in [2.05, 4.69) is 76.9 Å². The lowest BCUT2D eigenvalue weighted by Crippen LogP contribution is -2.54. The van der Waals surface area contributed by atoms with Crippen LogP contribution in [0.15, 0.2) is 71.3 Å². The van der Waals surface area contributed by atoms with Crippen LogP contribution in [0.25, 0.3) is 0 Å². The molecule has 124 valence electrons. The van der Waals surface area contributed by atoms with Crippen molar-refractivity contribution in [1.29, 1.82) is 0 Å². The van der Waals surface area contributed by atoms with Crippen LogP contribution in [0, 0.1) is 5.41 Å². The van der Waals surface area contributed by atoms with Gasteiger partial charge in [0.15, 0.2) is 5.11 Å². The minimum atomic E-state index is -0.155. The summed E-state index contributed by atoms with van der Waals surface area (Å²) in [6.07, 6.45) is 0. The molecule has 2 nitrogen and oxygen atoms in total. The van der Waals surface area contributed by atoms with Gasteiger partial charge >= 0.3 is 0 Å². The van der Waals surface area contributed by atoms with Gasteiger partial charge in [0, 0.05) is 22.1 Å². The molecule has 2 aromatic carbocycles. The van der Waals surface area contributed by atoms with Gasteiger partial charge in [-0.2, -0.15) is 0 Å². The SMILES string of the molecule is C=C1N(Cc2ccccc2)C(=S)N[C@@H](c2cccc(Br)c2)C1(C)C. The van der Waals surface area contributed by atoms with Crippen LogP contribution in [-0.2, 0) is 6.54 Å². The molecule has 1 N–H and O–H groups in total. The van der Waals surface area contributed by atoms with Crippen molar-refractivity contribution in [2.24, 2.45) is 5.41 Å². The highest BCUT2D eigenvalue weighted by atomic mass is 79.9. The Hall–Kier alpha value is -1.65. The first-order chi connectivity index (χ1) is 11.4. The van der Waals surface area contributed by atoms with Crippen molar-refractivity contribution in [3.63, 3.8) is 0 Å². The predicted octanol–water partition coefficient (Wildman–Crippen LogP) is 5.42. The molecule has 0 radical (unpaired) electrons. The van der Waals surface area contributed by atoms with Crippen molar-refractivity contribution in [1.82, 2.24) is 10.2 Å². The van der Waals surface area contributed by atoms with Crippen LogP contribution >= 0.6 is 28.1 Å². The first-order valence-electron chi connectivity index (χ1n) is 7.96. The third-order valence-corrected chi connectivity index (χ3v) is 5.50. The monoisotopic (exact) mass is 400 g/mol. The Bertz CT molecular complexity index is 770. The van der Waals surface area contributed by atoms with Crippen LogP contribution in [0.1, 0.15) is 31.0 Å². The van der Waals surface area contributed by atoms with Gasteiger partial charge in [-0.15, -0.1) is 0 Å². The van der Waals surface area contributed by atoms with Crippen LogP contribution in [-0.4, -0.2) is 10.0 Å². The lowest BCUT2D eigenvalue weighted by Gasteiger charge is -2.48. The third-order valence-electron chi connectivity index (χ3n) is 4.67. The summed E-state index contributed by atoms with van der Waals surface area (Å²) in [6.45, 7) is 9.55. The van der Waals surface area contributed by atoms with Gasteiger partial charge in [0.1, 0.15) is 0 Å². The van der Waals surface area contributed by atoms with Crippen molar-refractivity contribution in [2.45, 2.75) is 26.4 Å². The molecule has 0 unspecified atom stereocenters. The van der Waals surface area contributed by atoms with E-state index in [4.69, 9.17) is 12.2 Å². The Labute approximate surface area is 157 Å². The fraction of sp³-hybridized carbons (Fsp3) is 0.250. The number of halogens is 1. The van der Waals surface area contributed by atoms with Gasteiger partial charge in [0.2, 0.25) is 0 Å². The molecule has 0 saturated carbocycles. The Morgan fingerprint density at radius 1 is 1.17 bits per heavy atom. The van der Waals surface area contributed by atoms with Crippen LogP contribution in [0.2, 0.25) is 0 Å². The van der Waals surface area contributed by atoms with Crippen LogP contribution in [0.3, 0.4) is 0 Å². The van der Waals surface area contributed by atoms with Crippen molar-refractivity contribution in [3.8, 4) is 0 Å². The van der Waals surface area contributed by atoms with Gasteiger partial charge in [-0.3, -0.25) is 0 Å². The first kappa shape index (κ1) is 17.2. The highest BCUT2D eigenvalue weighted by molar-refractivity contribution is 9.10. The summed E-state index contributed by atoms with van der Waals surface area (Å²) in [7, 11) is 0. The minimum absolute atomic E-state index is 0.0991. The Morgan fingerprint density at radius 3 is 2.54 bits per heavy atom. The lowest BCUT2D eigenvalue weighted by atomic mass is 9.76. The Morgan fingerprint density at radius 2 is 1.88 bits per heavy atom. The molecular formula is C20H21BrN2S. The molecule has 3 rings (SSSR count). The molecule has 2 aromatic rings. The molecule has 1 aliphatic heterocycles. The number of nitrogens with one attached hydrogen (secondary N) is 1. The topological polar surface area (TPSA) is 15.3 Å². The molecule has 0 bridgehead atoms. The van der Waals surface area contributed by atoms with Crippen molar-refractivity contribution in [2.75, 3.05) is 0 Å². The molecule has 1 atom stereocenters. The van der Waals surface area contributed by atoms with Gasteiger partial charge in [-0.05, 0) is 35.5 Å². The number of thiocarbonyl (C=S) groups is 1. The fourth-order valence-corrected chi connectivity index (χ4v) is 3.85. The van der Waals surface area contributed by atoms with Crippen LogP contribution in [0.5, 0.6) is 0 Å². The van der Waals surface area contributed by atoms with Gasteiger partial charge in [-0.1, -0.05) is 78.8 Å². The molecule has 0 aromatic heterocycles. The largest absolute Gasteiger partial charge is 0.355 e. The van der Waals surface area contributed by atoms with E-state index in [1.54, 1.807) is 0 Å². The highest BCUT2D eigenvalue weighted by Gasteiger charge is 2.42. The summed E-state index contributed by atoms with van der Waals surface area (Å²) in [5, 5.41) is 4.26. The Kier molecular flexibility index (Phi) is 4.79. The van der Waals surface area contributed by atoms with Crippen LogP contribution in [0.4, 0.5) is 0 Å². The first-order valence-corrected chi connectivity index (χ1v) is 9.16. The zero-order valence-electron chi connectivity index (χ0n) is 13.9. The number of hydrogen-bond donors (Lipinski definition) is 1. The van der Waals surface area contributed by atoms with Crippen LogP contribution < -0.4 is 5.32 Å². The smallest absolute Gasteiger partial charge is 0.174 e. The van der Waals surface area contributed by atoms with E-state index in [9.17, 15) is 0 Å². The van der Waals surface area contributed by atoms with Gasteiger partial charge in [0.05, 0.1) is 6.04 Å². The number of benzene rings is 2. The molecule has 1 saturated heterocycles. The van der Waals surface area contributed by atoms with Crippen molar-refractivity contribution in [3.05, 3.63) is 82.5 Å². The predicted molar refractivity (Wildman–Crippen MR) is 108 cm³/mol. The summed E-state index contributed by atoms with van der Waals surface area (Å²) in [6, 6.07) is 18.8. The molecule has 0 amide bonds. The lowest BCUT2D eigenvalue weighted by molar-refractivity contribution is 0.225. The van der Waals surface area contributed by atoms with E-state index in [0.29, 0.717) is 0 Å². The molecule has 1 heterocycles. The normalized spacial score (nSPS) is 20.0. The Balaban J connectivity index is 1.89. The molecule has 1 fully saturated rings. The van der Waals surface area contributed by atoms with E-state index >= 15 is 0 Å². The second kappa shape index (κ2) is 6.69. The second-order valence-electron chi connectivity index (χ2n) is 6.68. The third kappa shape index (κ3) is 3.26. The maximum Gasteiger partial charge on any atom is 0.174 e. The summed E-state index contributed by atoms with van der Waals surface area (Å²) in [4.78, 5) is 2.11. The summed E-state index contributed by atoms with van der Waals surface area (Å²) >= 11 is 9.22. The average Bonchev–Trinajstić information content (AvgIpc) is 2.56. The van der Waals surface area contributed by atoms with E-state index in [1.807, 2.05) is 24.3 Å². The van der Waals surface area contributed by atoms with E-state index in [-0.39, 0.29) is 11.5 Å². The van der Waals surface area contributed by atoms with Gasteiger partial charge < -0.3 is 10.2 Å². The summed E-state index contributed by atoms with van der Waals surface area (Å²) in [5.74, 6) is 0. The summed E-state index contributed by atoms with van der Waals surface area (Å²) in [5.41, 5.74) is 3.31. The highest BCUT2D eigenvalue weighted by Crippen LogP contribution is 2.44. The number of nitrogens with zero attached hydrogens (tertiary/aromatic N) is 1. The quantitative estimate of drug-likeness (QED) is 0.692. The molecule has 0 spiro atoms. The number of rotatable bonds is 3. The summed E-state index contributed by atoms with van der Waals surface area (Å²) < 4.78 is 1.07. The fourth-order valence-electron chi connectivity index (χ4n) is 3.14. The molecule has 4 heteroatoms. The zero-order valence-corrected chi connectivity index (χ0v) is 16.3. The number of hydrogen-bond acceptors (Lipinski definition) is 1. The molecule has 1 aliphatic rings. The van der Waals surface area contributed by atoms with E-state index < -0.39 is 0 Å².